The zero-order valence-electron chi connectivity index (χ0n) is 6.75. The Bertz CT molecular complexity index is 125. The van der Waals surface area contributed by atoms with Crippen LogP contribution < -0.4 is 0 Å². The van der Waals surface area contributed by atoms with Gasteiger partial charge >= 0.3 is 5.97 Å². The first-order valence-electron chi connectivity index (χ1n) is 3.33. The molecule has 11 heavy (non-hydrogen) atoms. The minimum absolute atomic E-state index is 0.0344. The van der Waals surface area contributed by atoms with Gasteiger partial charge in [0, 0.05) is 6.92 Å². The van der Waals surface area contributed by atoms with Crippen LogP contribution in [0.2, 0.25) is 0 Å². The van der Waals surface area contributed by atoms with Crippen LogP contribution in [0.1, 0.15) is 13.8 Å². The number of esters is 1. The van der Waals surface area contributed by atoms with Gasteiger partial charge in [-0.15, -0.1) is 0 Å². The average molecular weight is 160 g/mol. The maximum Gasteiger partial charge on any atom is 0.302 e. The Labute approximate surface area is 65.5 Å². The minimum atomic E-state index is -0.337. The molecule has 0 aromatic carbocycles. The summed E-state index contributed by atoms with van der Waals surface area (Å²) in [5, 5.41) is 0. The highest BCUT2D eigenvalue weighted by Gasteiger charge is 1.94. The monoisotopic (exact) mass is 160 g/mol. The summed E-state index contributed by atoms with van der Waals surface area (Å²) in [7, 11) is 0. The molecule has 0 aliphatic carbocycles. The van der Waals surface area contributed by atoms with Gasteiger partial charge in [-0.3, -0.25) is 9.59 Å². The minimum Gasteiger partial charge on any atom is -0.463 e. The van der Waals surface area contributed by atoms with Crippen molar-refractivity contribution in [2.75, 3.05) is 19.8 Å². The maximum absolute atomic E-state index is 10.3. The van der Waals surface area contributed by atoms with Crippen molar-refractivity contribution in [2.45, 2.75) is 13.8 Å². The van der Waals surface area contributed by atoms with E-state index in [0.29, 0.717) is 0 Å². The number of ether oxygens (including phenoxy) is 2. The molecule has 0 bridgehead atoms. The first-order chi connectivity index (χ1) is 5.13. The molecule has 0 unspecified atom stereocenters. The number of rotatable bonds is 5. The molecule has 64 valence electrons. The molecule has 0 saturated heterocycles. The molecule has 0 radical (unpaired) electrons. The Hall–Kier alpha value is -0.900. The Morgan fingerprint density at radius 3 is 2.27 bits per heavy atom. The maximum atomic E-state index is 10.3. The summed E-state index contributed by atoms with van der Waals surface area (Å²) in [5.74, 6) is -0.371. The molecule has 0 aliphatic heterocycles. The topological polar surface area (TPSA) is 52.6 Å². The lowest BCUT2D eigenvalue weighted by Crippen LogP contribution is -2.11. The highest BCUT2D eigenvalue weighted by molar-refractivity contribution is 5.76. The summed E-state index contributed by atoms with van der Waals surface area (Å²) >= 11 is 0. The molecule has 0 spiro atoms. The fraction of sp³-hybridized carbons (Fsp3) is 0.714. The van der Waals surface area contributed by atoms with E-state index < -0.39 is 0 Å². The van der Waals surface area contributed by atoms with Crippen molar-refractivity contribution < 1.29 is 19.1 Å². The first-order valence-corrected chi connectivity index (χ1v) is 3.33. The van der Waals surface area contributed by atoms with Gasteiger partial charge in [0.1, 0.15) is 13.2 Å². The molecule has 0 aromatic heterocycles. The fourth-order valence-corrected chi connectivity index (χ4v) is 0.460. The summed E-state index contributed by atoms with van der Waals surface area (Å²) < 4.78 is 9.37. The van der Waals surface area contributed by atoms with Crippen molar-refractivity contribution in [1.29, 1.82) is 0 Å². The summed E-state index contributed by atoms with van der Waals surface area (Å²) in [6.45, 7) is 3.33. The largest absolute Gasteiger partial charge is 0.463 e. The molecule has 4 nitrogen and oxygen atoms in total. The summed E-state index contributed by atoms with van der Waals surface area (Å²) in [6, 6.07) is 0. The van der Waals surface area contributed by atoms with Gasteiger partial charge in [-0.25, -0.2) is 0 Å². The van der Waals surface area contributed by atoms with Gasteiger partial charge in [-0.1, -0.05) is 0 Å². The molecule has 0 saturated carbocycles. The first kappa shape index (κ1) is 10.1. The highest BCUT2D eigenvalue weighted by Crippen LogP contribution is 1.79. The molecule has 0 heterocycles. The van der Waals surface area contributed by atoms with Crippen molar-refractivity contribution in [2.24, 2.45) is 0 Å². The highest BCUT2D eigenvalue weighted by atomic mass is 16.6. The van der Waals surface area contributed by atoms with Gasteiger partial charge < -0.3 is 9.47 Å². The van der Waals surface area contributed by atoms with Crippen LogP contribution in [0.3, 0.4) is 0 Å². The van der Waals surface area contributed by atoms with E-state index in [1.807, 2.05) is 0 Å². The lowest BCUT2D eigenvalue weighted by atomic mass is 10.5. The SMILES string of the molecule is CC(=O)COCCOC(C)=O. The second-order valence-corrected chi connectivity index (χ2v) is 2.09. The van der Waals surface area contributed by atoms with E-state index >= 15 is 0 Å². The third-order valence-corrected chi connectivity index (χ3v) is 0.838. The summed E-state index contributed by atoms with van der Waals surface area (Å²) in [5.41, 5.74) is 0. The van der Waals surface area contributed by atoms with Crippen molar-refractivity contribution in [3.63, 3.8) is 0 Å². The predicted molar refractivity (Wildman–Crippen MR) is 38.1 cm³/mol. The Morgan fingerprint density at radius 1 is 1.18 bits per heavy atom. The van der Waals surface area contributed by atoms with E-state index in [4.69, 9.17) is 4.74 Å². The van der Waals surface area contributed by atoms with Crippen molar-refractivity contribution in [1.82, 2.24) is 0 Å². The lowest BCUT2D eigenvalue weighted by molar-refractivity contribution is -0.142. The third kappa shape index (κ3) is 9.10. The molecule has 0 aromatic rings. The smallest absolute Gasteiger partial charge is 0.302 e. The average Bonchev–Trinajstić information content (AvgIpc) is 1.85. The van der Waals surface area contributed by atoms with Gasteiger partial charge in [0.15, 0.2) is 5.78 Å². The van der Waals surface area contributed by atoms with Crippen molar-refractivity contribution in [3.05, 3.63) is 0 Å². The second-order valence-electron chi connectivity index (χ2n) is 2.09. The van der Waals surface area contributed by atoms with Gasteiger partial charge in [0.05, 0.1) is 6.61 Å². The third-order valence-electron chi connectivity index (χ3n) is 0.838. The van der Waals surface area contributed by atoms with E-state index in [-0.39, 0.29) is 31.6 Å². The summed E-state index contributed by atoms with van der Waals surface area (Å²) in [6.07, 6.45) is 0. The number of carbonyl (C=O) groups excluding carboxylic acids is 2. The Morgan fingerprint density at radius 2 is 1.82 bits per heavy atom. The zero-order chi connectivity index (χ0) is 8.69. The van der Waals surface area contributed by atoms with Crippen LogP contribution >= 0.6 is 0 Å². The van der Waals surface area contributed by atoms with Crippen LogP contribution in [-0.2, 0) is 19.1 Å². The fourth-order valence-electron chi connectivity index (χ4n) is 0.460. The van der Waals surface area contributed by atoms with Crippen LogP contribution in [0, 0.1) is 0 Å². The molecule has 0 atom stereocenters. The van der Waals surface area contributed by atoms with Crippen LogP contribution in [-0.4, -0.2) is 31.6 Å². The van der Waals surface area contributed by atoms with Crippen molar-refractivity contribution in [3.8, 4) is 0 Å². The van der Waals surface area contributed by atoms with E-state index in [9.17, 15) is 9.59 Å². The van der Waals surface area contributed by atoms with Crippen LogP contribution in [0.15, 0.2) is 0 Å². The van der Waals surface area contributed by atoms with Crippen molar-refractivity contribution >= 4 is 11.8 Å². The lowest BCUT2D eigenvalue weighted by Gasteiger charge is -2.01. The number of Topliss-reactive ketones (excluding diaryl/α,β-unsaturated/α-hetero) is 1. The molecule has 0 amide bonds. The molecular formula is C7H12O4. The number of carbonyl (C=O) groups is 2. The Kier molecular flexibility index (Phi) is 5.37. The molecule has 0 N–H and O–H groups in total. The van der Waals surface area contributed by atoms with Crippen LogP contribution in [0.5, 0.6) is 0 Å². The Balaban J connectivity index is 3.03. The van der Waals surface area contributed by atoms with Gasteiger partial charge in [-0.05, 0) is 6.92 Å². The molecule has 0 aliphatic rings. The van der Waals surface area contributed by atoms with E-state index in [2.05, 4.69) is 4.74 Å². The van der Waals surface area contributed by atoms with Gasteiger partial charge in [-0.2, -0.15) is 0 Å². The van der Waals surface area contributed by atoms with E-state index in [0.717, 1.165) is 0 Å². The predicted octanol–water partition coefficient (Wildman–Crippen LogP) is 0.155. The second kappa shape index (κ2) is 5.85. The van der Waals surface area contributed by atoms with Crippen LogP contribution in [0.4, 0.5) is 0 Å². The van der Waals surface area contributed by atoms with Crippen LogP contribution in [0.25, 0.3) is 0 Å². The van der Waals surface area contributed by atoms with Gasteiger partial charge in [0.25, 0.3) is 0 Å². The standard InChI is InChI=1S/C7H12O4/c1-6(8)5-10-3-4-11-7(2)9/h3-5H2,1-2H3. The molecule has 0 rings (SSSR count). The number of hydrogen-bond donors (Lipinski definition) is 0. The molecule has 4 heteroatoms. The summed E-state index contributed by atoms with van der Waals surface area (Å²) in [4.78, 5) is 20.5. The molecule has 0 fully saturated rings. The molecular weight excluding hydrogens is 148 g/mol. The quantitative estimate of drug-likeness (QED) is 0.424. The normalized spacial score (nSPS) is 9.27. The van der Waals surface area contributed by atoms with E-state index in [1.54, 1.807) is 0 Å². The van der Waals surface area contributed by atoms with Gasteiger partial charge in [0.2, 0.25) is 0 Å². The number of ketones is 1. The van der Waals surface area contributed by atoms with E-state index in [1.165, 1.54) is 13.8 Å². The number of hydrogen-bond acceptors (Lipinski definition) is 4. The zero-order valence-corrected chi connectivity index (χ0v) is 6.75.